The lowest BCUT2D eigenvalue weighted by atomic mass is 10.0. The van der Waals surface area contributed by atoms with Gasteiger partial charge in [-0.2, -0.15) is 5.10 Å². The molecule has 0 spiro atoms. The molecule has 196 valence electrons. The van der Waals surface area contributed by atoms with E-state index >= 15 is 0 Å². The Balaban J connectivity index is 0.00000228. The Kier molecular flexibility index (Phi) is 13.6. The normalized spacial score (nSPS) is 13.4. The van der Waals surface area contributed by atoms with Crippen molar-refractivity contribution < 1.29 is 9.47 Å². The molecule has 7 heteroatoms. The van der Waals surface area contributed by atoms with Crippen molar-refractivity contribution >= 4 is 24.8 Å². The number of piperidine rings is 1. The molecule has 2 heterocycles. The van der Waals surface area contributed by atoms with Crippen LogP contribution in [0.1, 0.15) is 56.7 Å². The van der Waals surface area contributed by atoms with E-state index in [1.54, 1.807) is 0 Å². The Morgan fingerprint density at radius 3 is 2.31 bits per heavy atom. The molecule has 4 rings (SSSR count). The van der Waals surface area contributed by atoms with Crippen LogP contribution in [0.25, 0.3) is 11.1 Å². The molecular weight excluding hydrogens is 493 g/mol. The van der Waals surface area contributed by atoms with E-state index in [9.17, 15) is 0 Å². The lowest BCUT2D eigenvalue weighted by molar-refractivity contribution is 0.202. The summed E-state index contributed by atoms with van der Waals surface area (Å²) in [5.74, 6) is 1.47. The van der Waals surface area contributed by atoms with Gasteiger partial charge in [0.1, 0.15) is 12.4 Å². The zero-order valence-electron chi connectivity index (χ0n) is 21.2. The first-order chi connectivity index (χ1) is 16.8. The molecule has 1 fully saturated rings. The Labute approximate surface area is 228 Å². The first-order valence-electron chi connectivity index (χ1n) is 12.8. The van der Waals surface area contributed by atoms with E-state index in [2.05, 4.69) is 52.4 Å². The lowest BCUT2D eigenvalue weighted by Crippen LogP contribution is -2.31. The number of likely N-dealkylation sites (tertiary alicyclic amines) is 1. The van der Waals surface area contributed by atoms with Crippen molar-refractivity contribution in [3.8, 4) is 22.8 Å². The molecule has 0 bridgehead atoms. The van der Waals surface area contributed by atoms with Gasteiger partial charge < -0.3 is 14.4 Å². The summed E-state index contributed by atoms with van der Waals surface area (Å²) in [7, 11) is 0. The predicted molar refractivity (Wildman–Crippen MR) is 152 cm³/mol. The van der Waals surface area contributed by atoms with Gasteiger partial charge >= 0.3 is 0 Å². The molecule has 36 heavy (non-hydrogen) atoms. The Hall–Kier alpha value is -2.34. The highest BCUT2D eigenvalue weighted by molar-refractivity contribution is 5.85. The third kappa shape index (κ3) is 9.27. The molecule has 3 aromatic rings. The van der Waals surface area contributed by atoms with E-state index in [0.29, 0.717) is 19.1 Å². The van der Waals surface area contributed by atoms with Gasteiger partial charge in [-0.3, -0.25) is 0 Å². The average molecular weight is 533 g/mol. The number of benzene rings is 2. The Morgan fingerprint density at radius 2 is 1.58 bits per heavy atom. The Bertz CT molecular complexity index is 997. The van der Waals surface area contributed by atoms with Crippen molar-refractivity contribution in [1.82, 2.24) is 15.1 Å². The SMILES string of the molecule is CCCCc1nnc(OCCCN2CCCCC2)cc1-c1ccc(OCc2ccccc2)cc1.Cl.Cl. The third-order valence-electron chi connectivity index (χ3n) is 6.35. The topological polar surface area (TPSA) is 47.5 Å². The standard InChI is InChI=1S/C29H37N3O2.2ClH/c1-2-3-13-28-27(22-29(31-30-28)33-21-10-20-32-18-8-5-9-19-32)25-14-16-26(17-15-25)34-23-24-11-6-4-7-12-24;;/h4,6-7,11-12,14-17,22H,2-3,5,8-10,13,18-21,23H2,1H3;2*1H. The summed E-state index contributed by atoms with van der Waals surface area (Å²) in [6.45, 7) is 6.98. The van der Waals surface area contributed by atoms with Crippen LogP contribution in [-0.4, -0.2) is 41.3 Å². The van der Waals surface area contributed by atoms with Gasteiger partial charge in [-0.05, 0) is 68.5 Å². The van der Waals surface area contributed by atoms with Crippen LogP contribution in [0.15, 0.2) is 60.7 Å². The van der Waals surface area contributed by atoms with Crippen LogP contribution in [0.4, 0.5) is 0 Å². The fourth-order valence-corrected chi connectivity index (χ4v) is 4.37. The second-order valence-electron chi connectivity index (χ2n) is 9.05. The maximum atomic E-state index is 6.01. The fraction of sp³-hybridized carbons (Fsp3) is 0.448. The molecule has 1 aliphatic rings. The number of hydrogen-bond acceptors (Lipinski definition) is 5. The summed E-state index contributed by atoms with van der Waals surface area (Å²) in [5, 5.41) is 8.92. The molecule has 0 atom stereocenters. The highest BCUT2D eigenvalue weighted by Gasteiger charge is 2.12. The lowest BCUT2D eigenvalue weighted by Gasteiger charge is -2.26. The van der Waals surface area contributed by atoms with Crippen molar-refractivity contribution in [3.63, 3.8) is 0 Å². The number of aryl methyl sites for hydroxylation is 1. The van der Waals surface area contributed by atoms with Gasteiger partial charge in [0.05, 0.1) is 12.3 Å². The van der Waals surface area contributed by atoms with E-state index in [1.165, 1.54) is 32.4 Å². The van der Waals surface area contributed by atoms with Crippen LogP contribution in [0.5, 0.6) is 11.6 Å². The molecule has 1 aromatic heterocycles. The molecule has 0 amide bonds. The van der Waals surface area contributed by atoms with Gasteiger partial charge in [0.15, 0.2) is 0 Å². The van der Waals surface area contributed by atoms with Gasteiger partial charge in [0.25, 0.3) is 0 Å². The van der Waals surface area contributed by atoms with Crippen molar-refractivity contribution in [2.75, 3.05) is 26.2 Å². The largest absolute Gasteiger partial charge is 0.489 e. The van der Waals surface area contributed by atoms with Crippen molar-refractivity contribution in [2.45, 2.75) is 58.5 Å². The average Bonchev–Trinajstić information content (AvgIpc) is 2.90. The highest BCUT2D eigenvalue weighted by Crippen LogP contribution is 2.28. The summed E-state index contributed by atoms with van der Waals surface area (Å²) in [6.07, 6.45) is 8.17. The minimum Gasteiger partial charge on any atom is -0.489 e. The zero-order valence-corrected chi connectivity index (χ0v) is 22.9. The van der Waals surface area contributed by atoms with Crippen molar-refractivity contribution in [2.24, 2.45) is 0 Å². The first kappa shape index (κ1) is 29.9. The number of hydrogen-bond donors (Lipinski definition) is 0. The monoisotopic (exact) mass is 531 g/mol. The van der Waals surface area contributed by atoms with Crippen LogP contribution in [-0.2, 0) is 13.0 Å². The van der Waals surface area contributed by atoms with Crippen LogP contribution >= 0.6 is 24.8 Å². The minimum absolute atomic E-state index is 0. The van der Waals surface area contributed by atoms with E-state index in [1.807, 2.05) is 30.3 Å². The fourth-order valence-electron chi connectivity index (χ4n) is 4.37. The van der Waals surface area contributed by atoms with Crippen LogP contribution in [0.2, 0.25) is 0 Å². The molecule has 0 saturated carbocycles. The molecule has 0 unspecified atom stereocenters. The quantitative estimate of drug-likeness (QED) is 0.232. The van der Waals surface area contributed by atoms with Gasteiger partial charge in [-0.15, -0.1) is 29.9 Å². The van der Waals surface area contributed by atoms with Crippen LogP contribution < -0.4 is 9.47 Å². The molecule has 2 aromatic carbocycles. The number of halogens is 2. The van der Waals surface area contributed by atoms with Gasteiger partial charge in [0, 0.05) is 18.2 Å². The molecule has 0 radical (unpaired) electrons. The molecule has 0 aliphatic carbocycles. The molecule has 5 nitrogen and oxygen atoms in total. The number of unbranched alkanes of at least 4 members (excludes halogenated alkanes) is 1. The van der Waals surface area contributed by atoms with Gasteiger partial charge in [-0.1, -0.05) is 62.2 Å². The summed E-state index contributed by atoms with van der Waals surface area (Å²) in [5.41, 5.74) is 4.41. The zero-order chi connectivity index (χ0) is 23.4. The first-order valence-corrected chi connectivity index (χ1v) is 12.8. The second-order valence-corrected chi connectivity index (χ2v) is 9.05. The minimum atomic E-state index is 0. The smallest absolute Gasteiger partial charge is 0.234 e. The number of aromatic nitrogens is 2. The maximum absolute atomic E-state index is 6.01. The number of ether oxygens (including phenoxy) is 2. The third-order valence-corrected chi connectivity index (χ3v) is 6.35. The molecular formula is C29H39Cl2N3O2. The number of nitrogens with zero attached hydrogens (tertiary/aromatic N) is 3. The van der Waals surface area contributed by atoms with Crippen molar-refractivity contribution in [3.05, 3.63) is 71.9 Å². The van der Waals surface area contributed by atoms with Crippen LogP contribution in [0.3, 0.4) is 0 Å². The van der Waals surface area contributed by atoms with Gasteiger partial charge in [-0.25, -0.2) is 0 Å². The number of rotatable bonds is 12. The molecule has 0 N–H and O–H groups in total. The summed E-state index contributed by atoms with van der Waals surface area (Å²) < 4.78 is 12.0. The highest BCUT2D eigenvalue weighted by atomic mass is 35.5. The summed E-state index contributed by atoms with van der Waals surface area (Å²) in [4.78, 5) is 2.54. The molecule has 1 saturated heterocycles. The summed E-state index contributed by atoms with van der Waals surface area (Å²) >= 11 is 0. The van der Waals surface area contributed by atoms with E-state index in [4.69, 9.17) is 9.47 Å². The van der Waals surface area contributed by atoms with Crippen LogP contribution in [0, 0.1) is 0 Å². The van der Waals surface area contributed by atoms with Crippen molar-refractivity contribution in [1.29, 1.82) is 0 Å². The second kappa shape index (κ2) is 16.4. The maximum Gasteiger partial charge on any atom is 0.234 e. The Morgan fingerprint density at radius 1 is 0.833 bits per heavy atom. The van der Waals surface area contributed by atoms with E-state index in [-0.39, 0.29) is 24.8 Å². The predicted octanol–water partition coefficient (Wildman–Crippen LogP) is 7.16. The van der Waals surface area contributed by atoms with E-state index in [0.717, 1.165) is 60.4 Å². The van der Waals surface area contributed by atoms with E-state index < -0.39 is 0 Å². The molecule has 1 aliphatic heterocycles. The summed E-state index contributed by atoms with van der Waals surface area (Å²) in [6, 6.07) is 20.5. The van der Waals surface area contributed by atoms with Gasteiger partial charge in [0.2, 0.25) is 5.88 Å².